The maximum Gasteiger partial charge on any atom is 0.0108 e. The smallest absolute Gasteiger partial charge is 0.0108 e. The summed E-state index contributed by atoms with van der Waals surface area (Å²) in [5.74, 6) is 0. The van der Waals surface area contributed by atoms with Gasteiger partial charge in [0.1, 0.15) is 0 Å². The van der Waals surface area contributed by atoms with Crippen LogP contribution in [0.1, 0.15) is 13.3 Å². The Morgan fingerprint density at radius 1 is 1.00 bits per heavy atom. The van der Waals surface area contributed by atoms with E-state index in [0.29, 0.717) is 13.1 Å². The van der Waals surface area contributed by atoms with E-state index >= 15 is 0 Å². The largest absolute Gasteiger partial charge is 0.329 e. The Kier molecular flexibility index (Phi) is 9.80. The highest BCUT2D eigenvalue weighted by molar-refractivity contribution is 4.60. The average molecular weight is 188 g/mol. The summed E-state index contributed by atoms with van der Waals surface area (Å²) in [6.07, 6.45) is 1.19. The first kappa shape index (κ1) is 12.8. The van der Waals surface area contributed by atoms with Crippen molar-refractivity contribution in [2.75, 3.05) is 45.8 Å². The Labute approximate surface area is 81.6 Å². The number of nitrogens with zero attached hydrogens (tertiary/aromatic N) is 1. The van der Waals surface area contributed by atoms with Crippen LogP contribution in [0.4, 0.5) is 0 Å². The van der Waals surface area contributed by atoms with E-state index in [9.17, 15) is 0 Å². The van der Waals surface area contributed by atoms with Crippen LogP contribution in [0.2, 0.25) is 0 Å². The second kappa shape index (κ2) is 9.92. The number of hydrogen-bond donors (Lipinski definition) is 3. The van der Waals surface area contributed by atoms with Gasteiger partial charge >= 0.3 is 0 Å². The molecular formula is C9H24N4. The second-order valence-electron chi connectivity index (χ2n) is 3.17. The van der Waals surface area contributed by atoms with Crippen LogP contribution >= 0.6 is 0 Å². The summed E-state index contributed by atoms with van der Waals surface area (Å²) in [5.41, 5.74) is 11.0. The molecule has 4 nitrogen and oxygen atoms in total. The molecule has 0 aromatic carbocycles. The van der Waals surface area contributed by atoms with Crippen molar-refractivity contribution in [1.29, 1.82) is 0 Å². The SMILES string of the molecule is CCCNCCN(CCN)CCN. The molecule has 4 heteroatoms. The fraction of sp³-hybridized carbons (Fsp3) is 1.00. The van der Waals surface area contributed by atoms with E-state index in [1.165, 1.54) is 6.42 Å². The van der Waals surface area contributed by atoms with Crippen LogP contribution in [0.15, 0.2) is 0 Å². The third-order valence-corrected chi connectivity index (χ3v) is 1.92. The summed E-state index contributed by atoms with van der Waals surface area (Å²) < 4.78 is 0. The van der Waals surface area contributed by atoms with E-state index in [2.05, 4.69) is 17.1 Å². The minimum atomic E-state index is 0.716. The Bertz CT molecular complexity index is 91.6. The molecule has 0 aromatic rings. The molecule has 0 unspecified atom stereocenters. The van der Waals surface area contributed by atoms with E-state index in [-0.39, 0.29) is 0 Å². The van der Waals surface area contributed by atoms with Gasteiger partial charge in [-0.2, -0.15) is 0 Å². The van der Waals surface area contributed by atoms with Crippen LogP contribution in [0.25, 0.3) is 0 Å². The zero-order chi connectivity index (χ0) is 9.94. The number of hydrogen-bond acceptors (Lipinski definition) is 4. The fourth-order valence-electron chi connectivity index (χ4n) is 1.24. The van der Waals surface area contributed by atoms with Gasteiger partial charge in [-0.1, -0.05) is 6.92 Å². The molecule has 0 radical (unpaired) electrons. The minimum absolute atomic E-state index is 0.716. The highest BCUT2D eigenvalue weighted by Gasteiger charge is 2.00. The molecule has 0 rings (SSSR count). The molecule has 0 saturated carbocycles. The molecule has 80 valence electrons. The monoisotopic (exact) mass is 188 g/mol. The van der Waals surface area contributed by atoms with E-state index in [1.54, 1.807) is 0 Å². The molecule has 0 bridgehead atoms. The van der Waals surface area contributed by atoms with Crippen LogP contribution < -0.4 is 16.8 Å². The number of rotatable bonds is 9. The van der Waals surface area contributed by atoms with Gasteiger partial charge in [0.15, 0.2) is 0 Å². The lowest BCUT2D eigenvalue weighted by molar-refractivity contribution is 0.288. The van der Waals surface area contributed by atoms with Crippen molar-refractivity contribution in [2.45, 2.75) is 13.3 Å². The van der Waals surface area contributed by atoms with Crippen molar-refractivity contribution in [2.24, 2.45) is 11.5 Å². The predicted octanol–water partition coefficient (Wildman–Crippen LogP) is -0.795. The third-order valence-electron chi connectivity index (χ3n) is 1.92. The highest BCUT2D eigenvalue weighted by Crippen LogP contribution is 1.83. The maximum absolute atomic E-state index is 5.49. The molecule has 0 heterocycles. The Balaban J connectivity index is 3.33. The minimum Gasteiger partial charge on any atom is -0.329 e. The van der Waals surface area contributed by atoms with Crippen molar-refractivity contribution in [3.63, 3.8) is 0 Å². The predicted molar refractivity (Wildman–Crippen MR) is 57.7 cm³/mol. The van der Waals surface area contributed by atoms with Gasteiger partial charge in [0.25, 0.3) is 0 Å². The standard InChI is InChI=1S/C9H24N4/c1-2-5-12-6-9-13(7-3-10)8-4-11/h12H,2-11H2,1H3. The van der Waals surface area contributed by atoms with Gasteiger partial charge in [0.2, 0.25) is 0 Å². The van der Waals surface area contributed by atoms with Crippen LogP contribution in [-0.4, -0.2) is 50.7 Å². The molecule has 0 atom stereocenters. The third kappa shape index (κ3) is 8.18. The molecule has 0 amide bonds. The second-order valence-corrected chi connectivity index (χ2v) is 3.17. The molecule has 0 aromatic heterocycles. The van der Waals surface area contributed by atoms with Crippen molar-refractivity contribution in [1.82, 2.24) is 10.2 Å². The quantitative estimate of drug-likeness (QED) is 0.415. The molecular weight excluding hydrogens is 164 g/mol. The van der Waals surface area contributed by atoms with Gasteiger partial charge in [0, 0.05) is 39.3 Å². The van der Waals surface area contributed by atoms with Crippen LogP contribution in [-0.2, 0) is 0 Å². The van der Waals surface area contributed by atoms with Crippen molar-refractivity contribution in [3.8, 4) is 0 Å². The first-order valence-electron chi connectivity index (χ1n) is 5.18. The van der Waals surface area contributed by atoms with E-state index in [0.717, 1.165) is 32.7 Å². The molecule has 0 spiro atoms. The van der Waals surface area contributed by atoms with Crippen molar-refractivity contribution < 1.29 is 0 Å². The van der Waals surface area contributed by atoms with Gasteiger partial charge in [0.05, 0.1) is 0 Å². The molecule has 0 aliphatic rings. The zero-order valence-electron chi connectivity index (χ0n) is 8.76. The first-order valence-corrected chi connectivity index (χ1v) is 5.18. The molecule has 0 fully saturated rings. The molecule has 13 heavy (non-hydrogen) atoms. The summed E-state index contributed by atoms with van der Waals surface area (Å²) in [5, 5.41) is 3.36. The van der Waals surface area contributed by atoms with Gasteiger partial charge in [-0.3, -0.25) is 4.90 Å². The van der Waals surface area contributed by atoms with E-state index in [4.69, 9.17) is 11.5 Å². The lowest BCUT2D eigenvalue weighted by Gasteiger charge is -2.20. The summed E-state index contributed by atoms with van der Waals surface area (Å²) >= 11 is 0. The lowest BCUT2D eigenvalue weighted by atomic mass is 10.4. The molecule has 0 aliphatic heterocycles. The maximum atomic E-state index is 5.49. The Hall–Kier alpha value is -0.160. The van der Waals surface area contributed by atoms with Crippen LogP contribution in [0.5, 0.6) is 0 Å². The van der Waals surface area contributed by atoms with Crippen molar-refractivity contribution in [3.05, 3.63) is 0 Å². The highest BCUT2D eigenvalue weighted by atomic mass is 15.1. The fourth-order valence-corrected chi connectivity index (χ4v) is 1.24. The number of nitrogens with two attached hydrogens (primary N) is 2. The number of nitrogens with one attached hydrogen (secondary N) is 1. The van der Waals surface area contributed by atoms with Gasteiger partial charge in [-0.25, -0.2) is 0 Å². The molecule has 5 N–H and O–H groups in total. The van der Waals surface area contributed by atoms with Gasteiger partial charge in [-0.15, -0.1) is 0 Å². The lowest BCUT2D eigenvalue weighted by Crippen LogP contribution is -2.38. The van der Waals surface area contributed by atoms with Crippen molar-refractivity contribution >= 4 is 0 Å². The van der Waals surface area contributed by atoms with Crippen LogP contribution in [0, 0.1) is 0 Å². The summed E-state index contributed by atoms with van der Waals surface area (Å²) in [4.78, 5) is 2.29. The van der Waals surface area contributed by atoms with E-state index in [1.807, 2.05) is 0 Å². The van der Waals surface area contributed by atoms with Gasteiger partial charge < -0.3 is 16.8 Å². The first-order chi connectivity index (χ1) is 6.35. The summed E-state index contributed by atoms with van der Waals surface area (Å²) in [6, 6.07) is 0. The van der Waals surface area contributed by atoms with E-state index < -0.39 is 0 Å². The Morgan fingerprint density at radius 3 is 2.08 bits per heavy atom. The average Bonchev–Trinajstić information content (AvgIpc) is 2.13. The normalized spacial score (nSPS) is 11.1. The topological polar surface area (TPSA) is 67.3 Å². The Morgan fingerprint density at radius 2 is 1.62 bits per heavy atom. The summed E-state index contributed by atoms with van der Waals surface area (Å²) in [7, 11) is 0. The summed E-state index contributed by atoms with van der Waals surface area (Å²) in [6.45, 7) is 8.68. The zero-order valence-corrected chi connectivity index (χ0v) is 8.76. The molecule has 0 aliphatic carbocycles. The van der Waals surface area contributed by atoms with Gasteiger partial charge in [-0.05, 0) is 13.0 Å². The molecule has 0 saturated heterocycles. The van der Waals surface area contributed by atoms with Crippen LogP contribution in [0.3, 0.4) is 0 Å².